The van der Waals surface area contributed by atoms with Gasteiger partial charge in [-0.15, -0.1) is 5.10 Å². The van der Waals surface area contributed by atoms with Crippen molar-refractivity contribution < 1.29 is 14.7 Å². The van der Waals surface area contributed by atoms with E-state index in [1.165, 1.54) is 4.90 Å². The molecule has 0 fully saturated rings. The molecular weight excluding hydrogens is 334 g/mol. The van der Waals surface area contributed by atoms with Crippen LogP contribution in [0.2, 0.25) is 0 Å². The van der Waals surface area contributed by atoms with Crippen molar-refractivity contribution >= 4 is 22.6 Å². The highest BCUT2D eigenvalue weighted by Gasteiger charge is 2.24. The lowest BCUT2D eigenvalue weighted by Crippen LogP contribution is -2.34. The summed E-state index contributed by atoms with van der Waals surface area (Å²) >= 11 is 0. The Hall–Kier alpha value is -3.29. The molecule has 1 N–H and O–H groups in total. The third kappa shape index (κ3) is 3.13. The number of hydrogen-bond donors (Lipinski definition) is 1. The van der Waals surface area contributed by atoms with Crippen molar-refractivity contribution in [1.82, 2.24) is 24.9 Å². The Balaban J connectivity index is 1.95. The van der Waals surface area contributed by atoms with Crippen LogP contribution in [0.3, 0.4) is 0 Å². The Morgan fingerprint density at radius 1 is 1.31 bits per heavy atom. The molecule has 0 aliphatic carbocycles. The topological polar surface area (TPSA) is 101 Å². The van der Waals surface area contributed by atoms with E-state index in [1.807, 2.05) is 24.3 Å². The number of rotatable bonds is 5. The number of carbonyl (C=O) groups excluding carboxylic acids is 1. The average Bonchev–Trinajstić information content (AvgIpc) is 3.01. The summed E-state index contributed by atoms with van der Waals surface area (Å²) in [7, 11) is 1.56. The molecule has 1 aromatic carbocycles. The number of hydrogen-bond acceptors (Lipinski definition) is 5. The minimum Gasteiger partial charge on any atom is -0.481 e. The largest absolute Gasteiger partial charge is 0.481 e. The van der Waals surface area contributed by atoms with E-state index < -0.39 is 11.9 Å². The van der Waals surface area contributed by atoms with E-state index in [0.717, 1.165) is 16.5 Å². The molecule has 1 unspecified atom stereocenters. The van der Waals surface area contributed by atoms with E-state index in [9.17, 15) is 9.59 Å². The minimum absolute atomic E-state index is 0.0976. The summed E-state index contributed by atoms with van der Waals surface area (Å²) in [5, 5.41) is 19.1. The Labute approximate surface area is 150 Å². The predicted molar refractivity (Wildman–Crippen MR) is 95.2 cm³/mol. The molecule has 3 aromatic rings. The Morgan fingerprint density at radius 2 is 2.08 bits per heavy atom. The van der Waals surface area contributed by atoms with Crippen LogP contribution < -0.4 is 0 Å². The van der Waals surface area contributed by atoms with Gasteiger partial charge in [0, 0.05) is 36.8 Å². The monoisotopic (exact) mass is 353 g/mol. The second kappa shape index (κ2) is 6.91. The molecule has 2 heterocycles. The van der Waals surface area contributed by atoms with Gasteiger partial charge in [-0.2, -0.15) is 0 Å². The molecular formula is C18H19N5O3. The van der Waals surface area contributed by atoms with Crippen LogP contribution in [0.5, 0.6) is 0 Å². The molecule has 1 atom stereocenters. The van der Waals surface area contributed by atoms with Crippen molar-refractivity contribution in [2.24, 2.45) is 5.92 Å². The maximum atomic E-state index is 12.6. The summed E-state index contributed by atoms with van der Waals surface area (Å²) < 4.78 is 1.62. The van der Waals surface area contributed by atoms with Crippen LogP contribution in [0.25, 0.3) is 16.5 Å². The maximum absolute atomic E-state index is 12.6. The van der Waals surface area contributed by atoms with Crippen LogP contribution in [0.1, 0.15) is 23.1 Å². The second-order valence-corrected chi connectivity index (χ2v) is 6.23. The van der Waals surface area contributed by atoms with Gasteiger partial charge in [0.2, 0.25) is 0 Å². The van der Waals surface area contributed by atoms with Crippen molar-refractivity contribution in [2.75, 3.05) is 13.6 Å². The molecule has 134 valence electrons. The normalized spacial score (nSPS) is 12.1. The molecule has 2 aromatic heterocycles. The van der Waals surface area contributed by atoms with Gasteiger partial charge in [-0.1, -0.05) is 24.3 Å². The van der Waals surface area contributed by atoms with Crippen LogP contribution in [0.4, 0.5) is 0 Å². The van der Waals surface area contributed by atoms with E-state index >= 15 is 0 Å². The number of benzene rings is 1. The van der Waals surface area contributed by atoms with Gasteiger partial charge in [-0.3, -0.25) is 14.6 Å². The van der Waals surface area contributed by atoms with Crippen molar-refractivity contribution in [2.45, 2.75) is 13.8 Å². The lowest BCUT2D eigenvalue weighted by Gasteiger charge is -2.18. The average molecular weight is 353 g/mol. The molecule has 0 bridgehead atoms. The Bertz CT molecular complexity index is 977. The lowest BCUT2D eigenvalue weighted by atomic mass is 10.1. The SMILES string of the molecule is Cc1c(C(=O)N(C)CC(C)C(=O)O)nnn1-c1cccc2cnccc12. The van der Waals surface area contributed by atoms with Crippen molar-refractivity contribution in [3.63, 3.8) is 0 Å². The molecule has 0 aliphatic rings. The number of fused-ring (bicyclic) bond motifs is 1. The summed E-state index contributed by atoms with van der Waals surface area (Å²) in [6, 6.07) is 7.62. The standard InChI is InChI=1S/C18H19N5O3/c1-11(18(25)26)10-22(3)17(24)16-12(2)23(21-20-16)15-6-4-5-13-9-19-8-7-14(13)15/h4-9,11H,10H2,1-3H3,(H,25,26). The Morgan fingerprint density at radius 3 is 2.81 bits per heavy atom. The number of carboxylic acids is 1. The fourth-order valence-electron chi connectivity index (χ4n) is 2.80. The summed E-state index contributed by atoms with van der Waals surface area (Å²) in [6.07, 6.45) is 3.46. The summed E-state index contributed by atoms with van der Waals surface area (Å²) in [5.41, 5.74) is 1.60. The third-order valence-corrected chi connectivity index (χ3v) is 4.30. The summed E-state index contributed by atoms with van der Waals surface area (Å²) in [6.45, 7) is 3.42. The van der Waals surface area contributed by atoms with Gasteiger partial charge in [0.25, 0.3) is 5.91 Å². The molecule has 0 saturated carbocycles. The van der Waals surface area contributed by atoms with E-state index in [-0.39, 0.29) is 18.1 Å². The zero-order valence-corrected chi connectivity index (χ0v) is 14.7. The first-order valence-electron chi connectivity index (χ1n) is 8.14. The van der Waals surface area contributed by atoms with Gasteiger partial charge in [0.1, 0.15) is 0 Å². The van der Waals surface area contributed by atoms with Crippen molar-refractivity contribution in [3.8, 4) is 5.69 Å². The molecule has 0 aliphatic heterocycles. The quantitative estimate of drug-likeness (QED) is 0.752. The van der Waals surface area contributed by atoms with Crippen molar-refractivity contribution in [3.05, 3.63) is 48.0 Å². The van der Waals surface area contributed by atoms with Crippen LogP contribution >= 0.6 is 0 Å². The van der Waals surface area contributed by atoms with E-state index in [1.54, 1.807) is 38.0 Å². The molecule has 8 nitrogen and oxygen atoms in total. The van der Waals surface area contributed by atoms with E-state index in [0.29, 0.717) is 5.69 Å². The fraction of sp³-hybridized carbons (Fsp3) is 0.278. The molecule has 3 rings (SSSR count). The number of carboxylic acid groups (broad SMARTS) is 1. The smallest absolute Gasteiger partial charge is 0.308 e. The first-order chi connectivity index (χ1) is 12.4. The lowest BCUT2D eigenvalue weighted by molar-refractivity contribution is -0.141. The van der Waals surface area contributed by atoms with Gasteiger partial charge in [-0.05, 0) is 19.1 Å². The maximum Gasteiger partial charge on any atom is 0.308 e. The summed E-state index contributed by atoms with van der Waals surface area (Å²) in [4.78, 5) is 29.1. The van der Waals surface area contributed by atoms with Crippen LogP contribution in [-0.2, 0) is 4.79 Å². The molecule has 26 heavy (non-hydrogen) atoms. The van der Waals surface area contributed by atoms with Gasteiger partial charge in [0.15, 0.2) is 5.69 Å². The number of nitrogens with zero attached hydrogens (tertiary/aromatic N) is 5. The molecule has 1 amide bonds. The van der Waals surface area contributed by atoms with Gasteiger partial charge in [0.05, 0.1) is 17.3 Å². The first kappa shape index (κ1) is 17.5. The molecule has 8 heteroatoms. The molecule has 0 spiro atoms. The van der Waals surface area contributed by atoms with Crippen LogP contribution in [0, 0.1) is 12.8 Å². The van der Waals surface area contributed by atoms with Crippen LogP contribution in [-0.4, -0.2) is 55.5 Å². The summed E-state index contributed by atoms with van der Waals surface area (Å²) in [5.74, 6) is -1.97. The second-order valence-electron chi connectivity index (χ2n) is 6.23. The van der Waals surface area contributed by atoms with Crippen LogP contribution in [0.15, 0.2) is 36.7 Å². The predicted octanol–water partition coefficient (Wildman–Crippen LogP) is 1.92. The zero-order chi connectivity index (χ0) is 18.8. The number of aromatic nitrogens is 4. The Kier molecular flexibility index (Phi) is 4.66. The number of carbonyl (C=O) groups is 2. The highest BCUT2D eigenvalue weighted by atomic mass is 16.4. The third-order valence-electron chi connectivity index (χ3n) is 4.30. The zero-order valence-electron chi connectivity index (χ0n) is 14.7. The highest BCUT2D eigenvalue weighted by Crippen LogP contribution is 2.22. The van der Waals surface area contributed by atoms with E-state index in [4.69, 9.17) is 5.11 Å². The first-order valence-corrected chi connectivity index (χ1v) is 8.14. The number of amides is 1. The fourth-order valence-corrected chi connectivity index (χ4v) is 2.80. The van der Waals surface area contributed by atoms with Gasteiger partial charge in [-0.25, -0.2) is 4.68 Å². The number of aliphatic carboxylic acids is 1. The number of pyridine rings is 1. The minimum atomic E-state index is -0.950. The highest BCUT2D eigenvalue weighted by molar-refractivity contribution is 5.94. The van der Waals surface area contributed by atoms with Crippen molar-refractivity contribution in [1.29, 1.82) is 0 Å². The molecule has 0 saturated heterocycles. The van der Waals surface area contributed by atoms with Gasteiger partial charge >= 0.3 is 5.97 Å². The van der Waals surface area contributed by atoms with E-state index in [2.05, 4.69) is 15.3 Å². The molecule has 0 radical (unpaired) electrons. The van der Waals surface area contributed by atoms with Gasteiger partial charge < -0.3 is 10.0 Å².